The molecule has 0 spiro atoms. The molecule has 0 aliphatic heterocycles. The van der Waals surface area contributed by atoms with Crippen molar-refractivity contribution in [1.29, 1.82) is 5.41 Å². The smallest absolute Gasteiger partial charge is 0.124 e. The second-order valence-corrected chi connectivity index (χ2v) is 4.85. The predicted octanol–water partition coefficient (Wildman–Crippen LogP) is 1.20. The van der Waals surface area contributed by atoms with E-state index in [1.54, 1.807) is 0 Å². The van der Waals surface area contributed by atoms with Gasteiger partial charge in [0, 0.05) is 36.6 Å². The first-order valence-electron chi connectivity index (χ1n) is 5.04. The summed E-state index contributed by atoms with van der Waals surface area (Å²) in [6, 6.07) is 1.95. The summed E-state index contributed by atoms with van der Waals surface area (Å²) in [7, 11) is 1.96. The van der Waals surface area contributed by atoms with Gasteiger partial charge in [0.05, 0.1) is 0 Å². The summed E-state index contributed by atoms with van der Waals surface area (Å²) in [6.45, 7) is 7.17. The maximum atomic E-state index is 7.34. The van der Waals surface area contributed by atoms with E-state index in [1.807, 2.05) is 23.9 Å². The molecule has 84 valence electrons. The Morgan fingerprint density at radius 1 is 1.53 bits per heavy atom. The lowest BCUT2D eigenvalue weighted by Gasteiger charge is -2.20. The van der Waals surface area contributed by atoms with E-state index in [4.69, 9.17) is 11.1 Å². The number of aromatic nitrogens is 1. The fourth-order valence-electron chi connectivity index (χ4n) is 1.29. The minimum absolute atomic E-state index is 0.0979. The van der Waals surface area contributed by atoms with Crippen LogP contribution in [0.4, 0.5) is 0 Å². The van der Waals surface area contributed by atoms with Crippen molar-refractivity contribution in [2.24, 2.45) is 12.8 Å². The lowest BCUT2D eigenvalue weighted by molar-refractivity contribution is 0.418. The second kappa shape index (κ2) is 4.06. The Bertz CT molecular complexity index is 357. The van der Waals surface area contributed by atoms with Crippen LogP contribution < -0.4 is 11.1 Å². The third-order valence-corrected chi connectivity index (χ3v) is 2.22. The number of nitrogen functional groups attached to an aromatic ring is 1. The zero-order valence-electron chi connectivity index (χ0n) is 9.89. The molecule has 4 heteroatoms. The van der Waals surface area contributed by atoms with Crippen molar-refractivity contribution >= 4 is 5.84 Å². The van der Waals surface area contributed by atoms with E-state index >= 15 is 0 Å². The van der Waals surface area contributed by atoms with Crippen LogP contribution in [-0.2, 0) is 13.6 Å². The zero-order chi connectivity index (χ0) is 11.6. The molecule has 0 radical (unpaired) electrons. The Labute approximate surface area is 91.0 Å². The Balaban J connectivity index is 2.74. The maximum absolute atomic E-state index is 7.34. The topological polar surface area (TPSA) is 66.8 Å². The molecule has 0 bridgehead atoms. The quantitative estimate of drug-likeness (QED) is 0.516. The molecule has 0 unspecified atom stereocenters. The molecule has 1 heterocycles. The summed E-state index contributed by atoms with van der Waals surface area (Å²) in [4.78, 5) is 0. The molecule has 4 nitrogen and oxygen atoms in total. The summed E-state index contributed by atoms with van der Waals surface area (Å²) < 4.78 is 2.00. The van der Waals surface area contributed by atoms with Gasteiger partial charge in [0.2, 0.25) is 0 Å². The van der Waals surface area contributed by atoms with Crippen LogP contribution >= 0.6 is 0 Å². The number of hydrogen-bond donors (Lipinski definition) is 3. The van der Waals surface area contributed by atoms with Crippen molar-refractivity contribution < 1.29 is 0 Å². The highest BCUT2D eigenvalue weighted by molar-refractivity contribution is 5.94. The van der Waals surface area contributed by atoms with Crippen LogP contribution in [0.3, 0.4) is 0 Å². The van der Waals surface area contributed by atoms with E-state index in [9.17, 15) is 0 Å². The standard InChI is InChI=1S/C11H20N4/c1-11(2,3)14-6-9-5-8(10(12)13)7-15(9)4/h5,7,14H,6H2,1-4H3,(H3,12,13). The molecule has 0 fully saturated rings. The minimum atomic E-state index is 0.0979. The number of nitrogens with two attached hydrogens (primary N) is 1. The fourth-order valence-corrected chi connectivity index (χ4v) is 1.29. The Hall–Kier alpha value is -1.29. The van der Waals surface area contributed by atoms with E-state index in [1.165, 1.54) is 0 Å². The molecular formula is C11H20N4. The molecular weight excluding hydrogens is 188 g/mol. The summed E-state index contributed by atoms with van der Waals surface area (Å²) in [5.74, 6) is 0.118. The lowest BCUT2D eigenvalue weighted by atomic mass is 10.1. The molecule has 0 saturated carbocycles. The van der Waals surface area contributed by atoms with Gasteiger partial charge < -0.3 is 15.6 Å². The Morgan fingerprint density at radius 2 is 2.13 bits per heavy atom. The molecule has 0 aliphatic rings. The van der Waals surface area contributed by atoms with Gasteiger partial charge in [0.15, 0.2) is 0 Å². The average molecular weight is 208 g/mol. The molecule has 0 atom stereocenters. The maximum Gasteiger partial charge on any atom is 0.124 e. The zero-order valence-corrected chi connectivity index (χ0v) is 9.89. The van der Waals surface area contributed by atoms with Crippen LogP contribution in [0.2, 0.25) is 0 Å². The second-order valence-electron chi connectivity index (χ2n) is 4.85. The van der Waals surface area contributed by atoms with Crippen LogP contribution in [0.1, 0.15) is 32.0 Å². The van der Waals surface area contributed by atoms with Crippen LogP contribution in [0, 0.1) is 5.41 Å². The van der Waals surface area contributed by atoms with Crippen LogP contribution in [0.15, 0.2) is 12.3 Å². The highest BCUT2D eigenvalue weighted by Crippen LogP contribution is 2.08. The Kier molecular flexibility index (Phi) is 3.19. The van der Waals surface area contributed by atoms with Gasteiger partial charge in [0.1, 0.15) is 5.84 Å². The number of rotatable bonds is 3. The van der Waals surface area contributed by atoms with Crippen LogP contribution in [0.25, 0.3) is 0 Å². The van der Waals surface area contributed by atoms with Gasteiger partial charge in [0.25, 0.3) is 0 Å². The van der Waals surface area contributed by atoms with E-state index in [0.29, 0.717) is 0 Å². The van der Waals surface area contributed by atoms with Crippen molar-refractivity contribution in [3.63, 3.8) is 0 Å². The predicted molar refractivity (Wildman–Crippen MR) is 63.0 cm³/mol. The fraction of sp³-hybridized carbons (Fsp3) is 0.545. The van der Waals surface area contributed by atoms with Crippen molar-refractivity contribution in [1.82, 2.24) is 9.88 Å². The average Bonchev–Trinajstić information content (AvgIpc) is 2.42. The largest absolute Gasteiger partial charge is 0.384 e. The van der Waals surface area contributed by atoms with Crippen molar-refractivity contribution in [2.45, 2.75) is 32.9 Å². The molecule has 4 N–H and O–H groups in total. The van der Waals surface area contributed by atoms with Gasteiger partial charge in [-0.15, -0.1) is 0 Å². The summed E-state index contributed by atoms with van der Waals surface area (Å²) in [5.41, 5.74) is 7.44. The van der Waals surface area contributed by atoms with Gasteiger partial charge in [-0.05, 0) is 26.8 Å². The van der Waals surface area contributed by atoms with Crippen molar-refractivity contribution in [2.75, 3.05) is 0 Å². The van der Waals surface area contributed by atoms with E-state index in [-0.39, 0.29) is 11.4 Å². The third kappa shape index (κ3) is 3.40. The molecule has 1 aromatic rings. The van der Waals surface area contributed by atoms with E-state index < -0.39 is 0 Å². The van der Waals surface area contributed by atoms with Gasteiger partial charge in [-0.25, -0.2) is 0 Å². The first-order valence-corrected chi connectivity index (χ1v) is 5.04. The van der Waals surface area contributed by atoms with E-state index in [0.717, 1.165) is 17.8 Å². The van der Waals surface area contributed by atoms with Crippen LogP contribution in [-0.4, -0.2) is 15.9 Å². The molecule has 1 aromatic heterocycles. The monoisotopic (exact) mass is 208 g/mol. The highest BCUT2D eigenvalue weighted by Gasteiger charge is 2.11. The third-order valence-electron chi connectivity index (χ3n) is 2.22. The summed E-state index contributed by atoms with van der Waals surface area (Å²) >= 11 is 0. The minimum Gasteiger partial charge on any atom is -0.384 e. The number of hydrogen-bond acceptors (Lipinski definition) is 2. The van der Waals surface area contributed by atoms with Gasteiger partial charge in [-0.3, -0.25) is 5.41 Å². The summed E-state index contributed by atoms with van der Waals surface area (Å²) in [6.07, 6.45) is 1.88. The molecule has 0 amide bonds. The number of nitrogens with one attached hydrogen (secondary N) is 2. The number of amidine groups is 1. The SMILES string of the molecule is Cn1cc(C(=N)N)cc1CNC(C)(C)C. The number of aryl methyl sites for hydroxylation is 1. The van der Waals surface area contributed by atoms with Gasteiger partial charge in [-0.2, -0.15) is 0 Å². The Morgan fingerprint density at radius 3 is 2.53 bits per heavy atom. The first-order chi connectivity index (χ1) is 6.79. The van der Waals surface area contributed by atoms with Gasteiger partial charge >= 0.3 is 0 Å². The molecule has 0 saturated heterocycles. The van der Waals surface area contributed by atoms with Gasteiger partial charge in [-0.1, -0.05) is 0 Å². The van der Waals surface area contributed by atoms with E-state index in [2.05, 4.69) is 26.1 Å². The number of nitrogens with zero attached hydrogens (tertiary/aromatic N) is 1. The van der Waals surface area contributed by atoms with Crippen molar-refractivity contribution in [3.8, 4) is 0 Å². The molecule has 1 rings (SSSR count). The van der Waals surface area contributed by atoms with Crippen molar-refractivity contribution in [3.05, 3.63) is 23.5 Å². The first kappa shape index (κ1) is 11.8. The molecule has 0 aromatic carbocycles. The molecule has 0 aliphatic carbocycles. The normalized spacial score (nSPS) is 11.7. The lowest BCUT2D eigenvalue weighted by Crippen LogP contribution is -2.35. The summed E-state index contributed by atoms with van der Waals surface area (Å²) in [5, 5.41) is 10.7. The molecule has 15 heavy (non-hydrogen) atoms. The highest BCUT2D eigenvalue weighted by atomic mass is 15.0. The van der Waals surface area contributed by atoms with Crippen LogP contribution in [0.5, 0.6) is 0 Å².